The normalized spacial score (nSPS) is 12.8. The van der Waals surface area contributed by atoms with Crippen LogP contribution in [0.3, 0.4) is 0 Å². The molecule has 2 aromatic heterocycles. The number of ether oxygens (including phenoxy) is 2. The fourth-order valence-electron chi connectivity index (χ4n) is 2.13. The molecule has 0 saturated carbocycles. The number of nitrogen functional groups attached to an aromatic ring is 1. The van der Waals surface area contributed by atoms with Gasteiger partial charge in [0.2, 0.25) is 6.79 Å². The lowest BCUT2D eigenvalue weighted by molar-refractivity contribution is 0.174. The summed E-state index contributed by atoms with van der Waals surface area (Å²) < 4.78 is 16.0. The number of hydrogen-bond acceptors (Lipinski definition) is 7. The number of hydrogen-bond donors (Lipinski definition) is 1. The van der Waals surface area contributed by atoms with Crippen molar-refractivity contribution in [1.29, 1.82) is 0 Å². The second-order valence-corrected chi connectivity index (χ2v) is 5.09. The monoisotopic (exact) mass is 287 g/mol. The highest BCUT2D eigenvalue weighted by molar-refractivity contribution is 7.13. The van der Waals surface area contributed by atoms with Crippen LogP contribution in [-0.2, 0) is 0 Å². The summed E-state index contributed by atoms with van der Waals surface area (Å²) in [6, 6.07) is 5.62. The van der Waals surface area contributed by atoms with Crippen molar-refractivity contribution in [3.8, 4) is 33.3 Å². The van der Waals surface area contributed by atoms with Crippen LogP contribution in [0.15, 0.2) is 34.4 Å². The third-order valence-corrected chi connectivity index (χ3v) is 3.81. The van der Waals surface area contributed by atoms with E-state index in [2.05, 4.69) is 10.1 Å². The second-order valence-electron chi connectivity index (χ2n) is 4.21. The molecule has 0 atom stereocenters. The predicted octanol–water partition coefficient (Wildman–Crippen LogP) is 2.78. The molecule has 0 radical (unpaired) electrons. The molecule has 1 aliphatic rings. The van der Waals surface area contributed by atoms with E-state index in [1.165, 1.54) is 11.3 Å². The second kappa shape index (κ2) is 4.24. The van der Waals surface area contributed by atoms with E-state index in [-0.39, 0.29) is 6.79 Å². The zero-order chi connectivity index (χ0) is 13.5. The van der Waals surface area contributed by atoms with E-state index in [1.807, 2.05) is 18.2 Å². The summed E-state index contributed by atoms with van der Waals surface area (Å²) in [4.78, 5) is 4.92. The smallest absolute Gasteiger partial charge is 0.231 e. The molecule has 0 amide bonds. The minimum atomic E-state index is 0.236. The molecule has 0 spiro atoms. The lowest BCUT2D eigenvalue weighted by atomic mass is 10.0. The van der Waals surface area contributed by atoms with Crippen molar-refractivity contribution in [3.05, 3.63) is 29.9 Å². The number of aromatic nitrogens is 2. The van der Waals surface area contributed by atoms with E-state index >= 15 is 0 Å². The standard InChI is InChI=1S/C13H9N3O3S/c14-13-11(12(19-16-13)10-4-15-5-20-10)7-1-2-8-9(3-7)18-6-17-8/h1-5H,6H2,(H2,14,16). The first-order valence-corrected chi connectivity index (χ1v) is 6.75. The lowest BCUT2D eigenvalue weighted by Gasteiger charge is -2.02. The van der Waals surface area contributed by atoms with Gasteiger partial charge in [0.1, 0.15) is 0 Å². The van der Waals surface area contributed by atoms with Crippen molar-refractivity contribution in [1.82, 2.24) is 10.1 Å². The quantitative estimate of drug-likeness (QED) is 0.780. The largest absolute Gasteiger partial charge is 0.454 e. The molecule has 1 aromatic carbocycles. The molecule has 3 aromatic rings. The Morgan fingerprint density at radius 1 is 1.20 bits per heavy atom. The molecule has 3 heterocycles. The first-order chi connectivity index (χ1) is 9.83. The Balaban J connectivity index is 1.88. The van der Waals surface area contributed by atoms with Gasteiger partial charge < -0.3 is 19.7 Å². The Kier molecular flexibility index (Phi) is 2.40. The zero-order valence-corrected chi connectivity index (χ0v) is 11.0. The molecule has 0 aliphatic carbocycles. The highest BCUT2D eigenvalue weighted by Crippen LogP contribution is 2.42. The fraction of sp³-hybridized carbons (Fsp3) is 0.0769. The highest BCUT2D eigenvalue weighted by Gasteiger charge is 2.21. The molecule has 1 aliphatic heterocycles. The van der Waals surface area contributed by atoms with Crippen LogP contribution < -0.4 is 15.2 Å². The van der Waals surface area contributed by atoms with Crippen LogP contribution in [0, 0.1) is 0 Å². The maximum atomic E-state index is 5.93. The highest BCUT2D eigenvalue weighted by atomic mass is 32.1. The Labute approximate surface area is 117 Å². The number of nitrogens with two attached hydrogens (primary N) is 1. The van der Waals surface area contributed by atoms with Gasteiger partial charge in [0.25, 0.3) is 0 Å². The number of thiazole rings is 1. The van der Waals surface area contributed by atoms with E-state index in [0.717, 1.165) is 21.8 Å². The summed E-state index contributed by atoms with van der Waals surface area (Å²) in [7, 11) is 0. The van der Waals surface area contributed by atoms with Crippen molar-refractivity contribution in [2.24, 2.45) is 0 Å². The average molecular weight is 287 g/mol. The number of nitrogens with zero attached hydrogens (tertiary/aromatic N) is 2. The van der Waals surface area contributed by atoms with Crippen LogP contribution in [0.1, 0.15) is 0 Å². The van der Waals surface area contributed by atoms with Gasteiger partial charge >= 0.3 is 0 Å². The maximum absolute atomic E-state index is 5.93. The van der Waals surface area contributed by atoms with Gasteiger partial charge in [-0.1, -0.05) is 11.2 Å². The van der Waals surface area contributed by atoms with Gasteiger partial charge in [-0.05, 0) is 17.7 Å². The van der Waals surface area contributed by atoms with Crippen molar-refractivity contribution < 1.29 is 14.0 Å². The third-order valence-electron chi connectivity index (χ3n) is 3.04. The molecule has 0 bridgehead atoms. The molecule has 0 unspecified atom stereocenters. The van der Waals surface area contributed by atoms with Crippen LogP contribution in [-0.4, -0.2) is 16.9 Å². The topological polar surface area (TPSA) is 83.4 Å². The maximum Gasteiger partial charge on any atom is 0.231 e. The van der Waals surface area contributed by atoms with Gasteiger partial charge in [-0.25, -0.2) is 0 Å². The summed E-state index contributed by atoms with van der Waals surface area (Å²) in [5.74, 6) is 2.37. The van der Waals surface area contributed by atoms with E-state index < -0.39 is 0 Å². The van der Waals surface area contributed by atoms with E-state index in [4.69, 9.17) is 19.7 Å². The molecular weight excluding hydrogens is 278 g/mol. The number of benzene rings is 1. The number of fused-ring (bicyclic) bond motifs is 1. The molecule has 0 saturated heterocycles. The van der Waals surface area contributed by atoms with E-state index in [9.17, 15) is 0 Å². The van der Waals surface area contributed by atoms with Crippen LogP contribution >= 0.6 is 11.3 Å². The zero-order valence-electron chi connectivity index (χ0n) is 10.2. The van der Waals surface area contributed by atoms with E-state index in [1.54, 1.807) is 11.7 Å². The molecule has 2 N–H and O–H groups in total. The van der Waals surface area contributed by atoms with Crippen LogP contribution in [0.4, 0.5) is 5.82 Å². The van der Waals surface area contributed by atoms with Gasteiger partial charge in [0.15, 0.2) is 23.1 Å². The molecule has 0 fully saturated rings. The van der Waals surface area contributed by atoms with Gasteiger partial charge in [0, 0.05) is 6.20 Å². The first-order valence-electron chi connectivity index (χ1n) is 5.87. The minimum Gasteiger partial charge on any atom is -0.454 e. The molecule has 7 heteroatoms. The van der Waals surface area contributed by atoms with Crippen LogP contribution in [0.2, 0.25) is 0 Å². The number of anilines is 1. The Morgan fingerprint density at radius 3 is 2.95 bits per heavy atom. The number of rotatable bonds is 2. The Bertz CT molecular complexity index is 767. The summed E-state index contributed by atoms with van der Waals surface area (Å²) in [5.41, 5.74) is 9.28. The minimum absolute atomic E-state index is 0.236. The first kappa shape index (κ1) is 11.3. The van der Waals surface area contributed by atoms with Crippen molar-refractivity contribution in [2.75, 3.05) is 12.5 Å². The fourth-order valence-corrected chi connectivity index (χ4v) is 2.73. The average Bonchev–Trinajstić information content (AvgIpc) is 3.17. The van der Waals surface area contributed by atoms with Gasteiger partial charge in [-0.2, -0.15) is 0 Å². The SMILES string of the molecule is Nc1noc(-c2cncs2)c1-c1ccc2c(c1)OCO2. The molecule has 6 nitrogen and oxygen atoms in total. The molecule has 100 valence electrons. The Hall–Kier alpha value is -2.54. The molecule has 20 heavy (non-hydrogen) atoms. The van der Waals surface area contributed by atoms with E-state index in [0.29, 0.717) is 17.3 Å². The van der Waals surface area contributed by atoms with Crippen LogP contribution in [0.5, 0.6) is 11.5 Å². The lowest BCUT2D eigenvalue weighted by Crippen LogP contribution is -1.92. The molecular formula is C13H9N3O3S. The van der Waals surface area contributed by atoms with Gasteiger partial charge in [0.05, 0.1) is 16.0 Å². The summed E-state index contributed by atoms with van der Waals surface area (Å²) in [5, 5.41) is 3.85. The van der Waals surface area contributed by atoms with Crippen LogP contribution in [0.25, 0.3) is 21.8 Å². The summed E-state index contributed by atoms with van der Waals surface area (Å²) >= 11 is 1.47. The van der Waals surface area contributed by atoms with Gasteiger partial charge in [-0.3, -0.25) is 4.98 Å². The van der Waals surface area contributed by atoms with Crippen molar-refractivity contribution in [3.63, 3.8) is 0 Å². The van der Waals surface area contributed by atoms with Crippen molar-refractivity contribution >= 4 is 17.2 Å². The van der Waals surface area contributed by atoms with Crippen molar-refractivity contribution in [2.45, 2.75) is 0 Å². The predicted molar refractivity (Wildman–Crippen MR) is 73.6 cm³/mol. The summed E-state index contributed by atoms with van der Waals surface area (Å²) in [6.07, 6.45) is 1.72. The third kappa shape index (κ3) is 1.64. The van der Waals surface area contributed by atoms with Gasteiger partial charge in [-0.15, -0.1) is 11.3 Å². The summed E-state index contributed by atoms with van der Waals surface area (Å²) in [6.45, 7) is 0.236. The molecule has 4 rings (SSSR count). The Morgan fingerprint density at radius 2 is 2.10 bits per heavy atom.